The van der Waals surface area contributed by atoms with E-state index in [9.17, 15) is 0 Å². The first-order valence-corrected chi connectivity index (χ1v) is 6.57. The van der Waals surface area contributed by atoms with E-state index < -0.39 is 0 Å². The van der Waals surface area contributed by atoms with Gasteiger partial charge in [-0.05, 0) is 24.6 Å². The van der Waals surface area contributed by atoms with E-state index in [1.807, 2.05) is 6.07 Å². The molecule has 0 unspecified atom stereocenters. The van der Waals surface area contributed by atoms with Gasteiger partial charge in [0.25, 0.3) is 0 Å². The van der Waals surface area contributed by atoms with Crippen LogP contribution in [-0.2, 0) is 5.75 Å². The average molecular weight is 260 g/mol. The molecule has 5 nitrogen and oxygen atoms in total. The Hall–Kier alpha value is -1.82. The summed E-state index contributed by atoms with van der Waals surface area (Å²) in [7, 11) is 0. The van der Waals surface area contributed by atoms with Gasteiger partial charge in [0.05, 0.1) is 16.8 Å². The summed E-state index contributed by atoms with van der Waals surface area (Å²) in [5, 5.41) is 8.61. The number of hydrogen-bond donors (Lipinski definition) is 1. The minimum Gasteiger partial charge on any atom is -0.425 e. The van der Waals surface area contributed by atoms with E-state index in [0.29, 0.717) is 17.5 Å². The van der Waals surface area contributed by atoms with Crippen LogP contribution in [0.5, 0.6) is 0 Å². The fraction of sp³-hybridized carbons (Fsp3) is 0.250. The molecule has 0 amide bonds. The van der Waals surface area contributed by atoms with E-state index in [-0.39, 0.29) is 0 Å². The van der Waals surface area contributed by atoms with Crippen molar-refractivity contribution in [1.29, 1.82) is 0 Å². The van der Waals surface area contributed by atoms with Crippen LogP contribution in [0.2, 0.25) is 0 Å². The number of aromatic amines is 1. The highest BCUT2D eigenvalue weighted by Crippen LogP contribution is 2.23. The van der Waals surface area contributed by atoms with Gasteiger partial charge in [-0.25, -0.2) is 4.98 Å². The Bertz CT molecular complexity index is 688. The average Bonchev–Trinajstić information content (AvgIpc) is 2.92. The summed E-state index contributed by atoms with van der Waals surface area (Å²) in [6.45, 7) is 3.85. The summed E-state index contributed by atoms with van der Waals surface area (Å²) >= 11 is 1.56. The number of rotatable bonds is 3. The molecule has 18 heavy (non-hydrogen) atoms. The second kappa shape index (κ2) is 4.45. The zero-order valence-electron chi connectivity index (χ0n) is 10.1. The van der Waals surface area contributed by atoms with Crippen LogP contribution in [0.15, 0.2) is 27.8 Å². The monoisotopic (exact) mass is 260 g/mol. The molecule has 0 aliphatic rings. The van der Waals surface area contributed by atoms with E-state index in [2.05, 4.69) is 39.2 Å². The number of aromatic nitrogens is 4. The normalized spacial score (nSPS) is 11.2. The smallest absolute Gasteiger partial charge is 0.226 e. The molecule has 0 bridgehead atoms. The SMILES string of the molecule is Cc1ccc2nc(SCc3nnc(C)o3)[nH]c2c1. The van der Waals surface area contributed by atoms with Crippen molar-refractivity contribution in [2.45, 2.75) is 24.8 Å². The standard InChI is InChI=1S/C12H12N4OS/c1-7-3-4-9-10(5-7)14-12(13-9)18-6-11-16-15-8(2)17-11/h3-5H,6H2,1-2H3,(H,13,14). The van der Waals surface area contributed by atoms with E-state index in [1.165, 1.54) is 5.56 Å². The molecule has 0 fully saturated rings. The van der Waals surface area contributed by atoms with Crippen LogP contribution in [0.4, 0.5) is 0 Å². The van der Waals surface area contributed by atoms with Crippen molar-refractivity contribution in [3.05, 3.63) is 35.5 Å². The van der Waals surface area contributed by atoms with Crippen LogP contribution in [-0.4, -0.2) is 20.2 Å². The summed E-state index contributed by atoms with van der Waals surface area (Å²) in [5.74, 6) is 1.83. The van der Waals surface area contributed by atoms with Gasteiger partial charge in [0.2, 0.25) is 11.8 Å². The van der Waals surface area contributed by atoms with Crippen molar-refractivity contribution in [3.63, 3.8) is 0 Å². The van der Waals surface area contributed by atoms with Crippen LogP contribution in [0.3, 0.4) is 0 Å². The molecule has 3 aromatic rings. The molecule has 0 saturated carbocycles. The summed E-state index contributed by atoms with van der Waals surface area (Å²) in [5.41, 5.74) is 3.25. The van der Waals surface area contributed by atoms with Crippen LogP contribution >= 0.6 is 11.8 Å². The maximum atomic E-state index is 5.31. The van der Waals surface area contributed by atoms with E-state index >= 15 is 0 Å². The first-order chi connectivity index (χ1) is 8.70. The summed E-state index contributed by atoms with van der Waals surface area (Å²) in [4.78, 5) is 7.77. The molecule has 0 radical (unpaired) electrons. The third-order valence-electron chi connectivity index (χ3n) is 2.52. The molecule has 0 saturated heterocycles. The maximum absolute atomic E-state index is 5.31. The highest BCUT2D eigenvalue weighted by atomic mass is 32.2. The number of nitrogens with one attached hydrogen (secondary N) is 1. The van der Waals surface area contributed by atoms with Crippen molar-refractivity contribution in [2.24, 2.45) is 0 Å². The number of aryl methyl sites for hydroxylation is 2. The number of nitrogens with zero attached hydrogens (tertiary/aromatic N) is 3. The van der Waals surface area contributed by atoms with Crippen LogP contribution < -0.4 is 0 Å². The van der Waals surface area contributed by atoms with E-state index in [4.69, 9.17) is 4.42 Å². The summed E-state index contributed by atoms with van der Waals surface area (Å²) in [6, 6.07) is 6.16. The third kappa shape index (κ3) is 2.24. The quantitative estimate of drug-likeness (QED) is 0.733. The Labute approximate surface area is 108 Å². The number of thioether (sulfide) groups is 1. The van der Waals surface area contributed by atoms with E-state index in [0.717, 1.165) is 16.2 Å². The molecule has 0 aliphatic heterocycles. The lowest BCUT2D eigenvalue weighted by Crippen LogP contribution is -1.81. The molecule has 3 rings (SSSR count). The molecular formula is C12H12N4OS. The number of hydrogen-bond acceptors (Lipinski definition) is 5. The topological polar surface area (TPSA) is 67.6 Å². The first-order valence-electron chi connectivity index (χ1n) is 5.59. The Balaban J connectivity index is 1.78. The van der Waals surface area contributed by atoms with Crippen molar-refractivity contribution >= 4 is 22.8 Å². The number of benzene rings is 1. The van der Waals surface area contributed by atoms with Crippen LogP contribution in [0.1, 0.15) is 17.3 Å². The maximum Gasteiger partial charge on any atom is 0.226 e. The Morgan fingerprint density at radius 1 is 1.28 bits per heavy atom. The van der Waals surface area contributed by atoms with Crippen LogP contribution in [0.25, 0.3) is 11.0 Å². The van der Waals surface area contributed by atoms with E-state index in [1.54, 1.807) is 18.7 Å². The summed E-state index contributed by atoms with van der Waals surface area (Å²) < 4.78 is 5.31. The van der Waals surface area contributed by atoms with Crippen LogP contribution in [0, 0.1) is 13.8 Å². The molecule has 2 aromatic heterocycles. The Kier molecular flexibility index (Phi) is 2.79. The van der Waals surface area contributed by atoms with Gasteiger partial charge in [0.1, 0.15) is 0 Å². The number of imidazole rings is 1. The largest absolute Gasteiger partial charge is 0.425 e. The molecule has 0 aliphatic carbocycles. The second-order valence-corrected chi connectivity index (χ2v) is 5.03. The van der Waals surface area contributed by atoms with Crippen molar-refractivity contribution in [2.75, 3.05) is 0 Å². The van der Waals surface area contributed by atoms with Gasteiger partial charge in [-0.3, -0.25) is 0 Å². The minimum absolute atomic E-state index is 0.589. The minimum atomic E-state index is 0.589. The fourth-order valence-corrected chi connectivity index (χ4v) is 2.42. The van der Waals surface area contributed by atoms with Crippen molar-refractivity contribution in [1.82, 2.24) is 20.2 Å². The fourth-order valence-electron chi connectivity index (χ4n) is 1.69. The molecule has 1 aromatic carbocycles. The van der Waals surface area contributed by atoms with Gasteiger partial charge in [0, 0.05) is 6.92 Å². The van der Waals surface area contributed by atoms with Gasteiger partial charge < -0.3 is 9.40 Å². The molecule has 0 atom stereocenters. The van der Waals surface area contributed by atoms with Gasteiger partial charge in [-0.2, -0.15) is 0 Å². The van der Waals surface area contributed by atoms with Crippen molar-refractivity contribution < 1.29 is 4.42 Å². The van der Waals surface area contributed by atoms with Crippen molar-refractivity contribution in [3.8, 4) is 0 Å². The number of fused-ring (bicyclic) bond motifs is 1. The molecule has 2 heterocycles. The molecule has 0 spiro atoms. The predicted molar refractivity (Wildman–Crippen MR) is 69.4 cm³/mol. The Morgan fingerprint density at radius 3 is 2.94 bits per heavy atom. The zero-order valence-corrected chi connectivity index (χ0v) is 10.9. The first kappa shape index (κ1) is 11.3. The zero-order chi connectivity index (χ0) is 12.5. The second-order valence-electron chi connectivity index (χ2n) is 4.07. The van der Waals surface area contributed by atoms with Gasteiger partial charge in [0.15, 0.2) is 5.16 Å². The third-order valence-corrected chi connectivity index (χ3v) is 3.37. The highest BCUT2D eigenvalue weighted by Gasteiger charge is 2.07. The predicted octanol–water partition coefficient (Wildman–Crippen LogP) is 2.86. The van der Waals surface area contributed by atoms with Gasteiger partial charge in [-0.1, -0.05) is 17.8 Å². The molecule has 6 heteroatoms. The highest BCUT2D eigenvalue weighted by molar-refractivity contribution is 7.98. The Morgan fingerprint density at radius 2 is 2.17 bits per heavy atom. The molecule has 92 valence electrons. The number of H-pyrrole nitrogens is 1. The molecular weight excluding hydrogens is 248 g/mol. The lowest BCUT2D eigenvalue weighted by molar-refractivity contribution is 0.485. The lowest BCUT2D eigenvalue weighted by atomic mass is 10.2. The van der Waals surface area contributed by atoms with Gasteiger partial charge >= 0.3 is 0 Å². The molecule has 1 N–H and O–H groups in total. The summed E-state index contributed by atoms with van der Waals surface area (Å²) in [6.07, 6.45) is 0. The lowest BCUT2D eigenvalue weighted by Gasteiger charge is -1.91. The van der Waals surface area contributed by atoms with Gasteiger partial charge in [-0.15, -0.1) is 10.2 Å².